The summed E-state index contributed by atoms with van der Waals surface area (Å²) in [7, 11) is 1.30. The second-order valence-corrected chi connectivity index (χ2v) is 4.93. The Morgan fingerprint density at radius 3 is 2.45 bits per heavy atom. The van der Waals surface area contributed by atoms with Gasteiger partial charge in [0.15, 0.2) is 6.04 Å². The molecule has 1 aromatic rings. The molecule has 0 saturated carbocycles. The summed E-state index contributed by atoms with van der Waals surface area (Å²) < 4.78 is 4.78. The molecule has 2 N–H and O–H groups in total. The highest BCUT2D eigenvalue weighted by molar-refractivity contribution is 5.82. The van der Waals surface area contributed by atoms with Crippen molar-refractivity contribution in [2.24, 2.45) is 5.73 Å². The number of rotatable bonds is 9. The number of benzene rings is 1. The monoisotopic (exact) mass is 308 g/mol. The van der Waals surface area contributed by atoms with Crippen LogP contribution < -0.4 is 5.73 Å². The molecular weight excluding hydrogens is 284 g/mol. The highest BCUT2D eigenvalue weighted by atomic mass is 16.7. The highest BCUT2D eigenvalue weighted by Gasteiger charge is 2.29. The maximum atomic E-state index is 11.9. The predicted octanol–water partition coefficient (Wildman–Crippen LogP) is 1.64. The summed E-state index contributed by atoms with van der Waals surface area (Å²) >= 11 is 0. The maximum absolute atomic E-state index is 11.9. The molecular formula is C16H24N2O4. The van der Waals surface area contributed by atoms with Gasteiger partial charge in [0.1, 0.15) is 6.61 Å². The van der Waals surface area contributed by atoms with Crippen LogP contribution in [0, 0.1) is 0 Å². The molecule has 0 bridgehead atoms. The van der Waals surface area contributed by atoms with Gasteiger partial charge < -0.3 is 10.5 Å². The van der Waals surface area contributed by atoms with E-state index in [4.69, 9.17) is 15.3 Å². The molecule has 0 aromatic heterocycles. The van der Waals surface area contributed by atoms with Gasteiger partial charge >= 0.3 is 5.97 Å². The van der Waals surface area contributed by atoms with Crippen LogP contribution in [0.4, 0.5) is 0 Å². The number of nitrogens with two attached hydrogens (primary N) is 1. The smallest absolute Gasteiger partial charge is 0.331 e. The average Bonchev–Trinajstić information content (AvgIpc) is 2.53. The quantitative estimate of drug-likeness (QED) is 0.426. The minimum Gasteiger partial charge on any atom is -0.467 e. The van der Waals surface area contributed by atoms with Crippen molar-refractivity contribution in [3.8, 4) is 0 Å². The lowest BCUT2D eigenvalue weighted by molar-refractivity contribution is -0.211. The molecule has 1 aromatic carbocycles. The fourth-order valence-corrected chi connectivity index (χ4v) is 2.07. The van der Waals surface area contributed by atoms with Crippen LogP contribution >= 0.6 is 0 Å². The van der Waals surface area contributed by atoms with E-state index in [1.165, 1.54) is 14.0 Å². The number of carbonyl (C=O) groups excluding carboxylic acids is 2. The Kier molecular flexibility index (Phi) is 8.17. The van der Waals surface area contributed by atoms with Gasteiger partial charge in [0.2, 0.25) is 5.91 Å². The van der Waals surface area contributed by atoms with Crippen LogP contribution in [-0.4, -0.2) is 36.6 Å². The maximum Gasteiger partial charge on any atom is 0.331 e. The van der Waals surface area contributed by atoms with Crippen LogP contribution in [-0.2, 0) is 25.8 Å². The molecule has 0 fully saturated rings. The summed E-state index contributed by atoms with van der Waals surface area (Å²) in [6, 6.07) is 8.69. The van der Waals surface area contributed by atoms with Crippen LogP contribution in [0.25, 0.3) is 0 Å². The lowest BCUT2D eigenvalue weighted by atomic mass is 10.1. The fraction of sp³-hybridized carbons (Fsp3) is 0.500. The van der Waals surface area contributed by atoms with Gasteiger partial charge in [0, 0.05) is 6.92 Å². The van der Waals surface area contributed by atoms with Crippen molar-refractivity contribution in [1.29, 1.82) is 0 Å². The Bertz CT molecular complexity index is 464. The number of nitrogens with zero attached hydrogens (tertiary/aromatic N) is 1. The zero-order chi connectivity index (χ0) is 16.4. The van der Waals surface area contributed by atoms with Crippen LogP contribution in [0.5, 0.6) is 0 Å². The Hall–Kier alpha value is -1.92. The van der Waals surface area contributed by atoms with Gasteiger partial charge in [-0.05, 0) is 31.4 Å². The Morgan fingerprint density at radius 2 is 1.91 bits per heavy atom. The SMILES string of the molecule is COC(=O)[C@H](CCCCN)N(OCc1ccccc1)C(C)=O. The first-order chi connectivity index (χ1) is 10.6. The molecule has 0 spiro atoms. The normalized spacial score (nSPS) is 11.8. The number of carbonyl (C=O) groups is 2. The summed E-state index contributed by atoms with van der Waals surface area (Å²) in [6.45, 7) is 2.12. The topological polar surface area (TPSA) is 81.9 Å². The summed E-state index contributed by atoms with van der Waals surface area (Å²) in [4.78, 5) is 29.3. The molecule has 1 rings (SSSR count). The number of unbranched alkanes of at least 4 members (excludes halogenated alkanes) is 1. The molecule has 0 heterocycles. The third-order valence-corrected chi connectivity index (χ3v) is 3.21. The fourth-order valence-electron chi connectivity index (χ4n) is 2.07. The number of ether oxygens (including phenoxy) is 1. The highest BCUT2D eigenvalue weighted by Crippen LogP contribution is 2.14. The molecule has 0 aliphatic heterocycles. The van der Waals surface area contributed by atoms with Crippen LogP contribution in [0.1, 0.15) is 31.7 Å². The first-order valence-electron chi connectivity index (χ1n) is 7.34. The van der Waals surface area contributed by atoms with E-state index in [0.29, 0.717) is 13.0 Å². The molecule has 0 radical (unpaired) electrons. The molecule has 122 valence electrons. The van der Waals surface area contributed by atoms with Gasteiger partial charge in [0.05, 0.1) is 7.11 Å². The number of hydroxylamine groups is 2. The standard InChI is InChI=1S/C16H24N2O4/c1-13(19)18(22-12-14-8-4-3-5-9-14)15(16(20)21-2)10-6-7-11-17/h3-5,8-9,15H,6-7,10-12,17H2,1-2H3/t15-/m0/s1. The van der Waals surface area contributed by atoms with E-state index in [1.807, 2.05) is 30.3 Å². The Morgan fingerprint density at radius 1 is 1.23 bits per heavy atom. The van der Waals surface area contributed by atoms with Crippen LogP contribution in [0.3, 0.4) is 0 Å². The number of methoxy groups -OCH3 is 1. The minimum absolute atomic E-state index is 0.213. The second kappa shape index (κ2) is 9.92. The van der Waals surface area contributed by atoms with E-state index in [0.717, 1.165) is 23.5 Å². The van der Waals surface area contributed by atoms with Gasteiger partial charge in [-0.2, -0.15) is 0 Å². The Labute approximate surface area is 131 Å². The van der Waals surface area contributed by atoms with Crippen molar-refractivity contribution in [2.75, 3.05) is 13.7 Å². The molecule has 6 heteroatoms. The second-order valence-electron chi connectivity index (χ2n) is 4.93. The van der Waals surface area contributed by atoms with Crippen molar-refractivity contribution in [3.63, 3.8) is 0 Å². The molecule has 22 heavy (non-hydrogen) atoms. The number of hydrogen-bond acceptors (Lipinski definition) is 5. The van der Waals surface area contributed by atoms with E-state index in [-0.39, 0.29) is 12.5 Å². The van der Waals surface area contributed by atoms with Crippen molar-refractivity contribution >= 4 is 11.9 Å². The largest absolute Gasteiger partial charge is 0.467 e. The van der Waals surface area contributed by atoms with Crippen molar-refractivity contribution in [3.05, 3.63) is 35.9 Å². The van der Waals surface area contributed by atoms with Gasteiger partial charge in [-0.3, -0.25) is 9.63 Å². The van der Waals surface area contributed by atoms with E-state index < -0.39 is 12.0 Å². The average molecular weight is 308 g/mol. The summed E-state index contributed by atoms with van der Waals surface area (Å²) in [6.07, 6.45) is 1.95. The van der Waals surface area contributed by atoms with E-state index >= 15 is 0 Å². The minimum atomic E-state index is -0.752. The molecule has 0 aliphatic rings. The van der Waals surface area contributed by atoms with Gasteiger partial charge in [-0.25, -0.2) is 9.86 Å². The van der Waals surface area contributed by atoms with Crippen LogP contribution in [0.2, 0.25) is 0 Å². The lowest BCUT2D eigenvalue weighted by Gasteiger charge is -2.27. The summed E-state index contributed by atoms with van der Waals surface area (Å²) in [5.41, 5.74) is 6.38. The molecule has 6 nitrogen and oxygen atoms in total. The number of esters is 1. The van der Waals surface area contributed by atoms with E-state index in [1.54, 1.807) is 0 Å². The molecule has 1 amide bonds. The third-order valence-electron chi connectivity index (χ3n) is 3.21. The van der Waals surface area contributed by atoms with Gasteiger partial charge in [0.25, 0.3) is 0 Å². The van der Waals surface area contributed by atoms with Crippen molar-refractivity contribution in [1.82, 2.24) is 5.06 Å². The predicted molar refractivity (Wildman–Crippen MR) is 82.5 cm³/mol. The first kappa shape index (κ1) is 18.1. The summed E-state index contributed by atoms with van der Waals surface area (Å²) in [5.74, 6) is -0.820. The van der Waals surface area contributed by atoms with Crippen LogP contribution in [0.15, 0.2) is 30.3 Å². The number of hydrogen-bond donors (Lipinski definition) is 1. The molecule has 0 aliphatic carbocycles. The third kappa shape index (κ3) is 5.83. The molecule has 1 atom stereocenters. The summed E-state index contributed by atoms with van der Waals surface area (Å²) in [5, 5.41) is 1.11. The van der Waals surface area contributed by atoms with Crippen molar-refractivity contribution in [2.45, 2.75) is 38.8 Å². The van der Waals surface area contributed by atoms with Gasteiger partial charge in [-0.15, -0.1) is 0 Å². The van der Waals surface area contributed by atoms with E-state index in [2.05, 4.69) is 0 Å². The first-order valence-corrected chi connectivity index (χ1v) is 7.34. The van der Waals surface area contributed by atoms with E-state index in [9.17, 15) is 9.59 Å². The zero-order valence-electron chi connectivity index (χ0n) is 13.2. The molecule has 0 unspecified atom stereocenters. The van der Waals surface area contributed by atoms with Gasteiger partial charge in [-0.1, -0.05) is 30.3 Å². The Balaban J connectivity index is 2.74. The van der Waals surface area contributed by atoms with Crippen molar-refractivity contribution < 1.29 is 19.2 Å². The number of amides is 1. The molecule has 0 saturated heterocycles. The lowest BCUT2D eigenvalue weighted by Crippen LogP contribution is -2.44. The zero-order valence-corrected chi connectivity index (χ0v) is 13.2.